The smallest absolute Gasteiger partial charge is 0.253 e. The van der Waals surface area contributed by atoms with Crippen LogP contribution in [0.4, 0.5) is 0 Å². The maximum atomic E-state index is 13.2. The second kappa shape index (κ2) is 16.5. The molecule has 4 N–H and O–H groups in total. The van der Waals surface area contributed by atoms with Crippen LogP contribution in [0.1, 0.15) is 74.2 Å². The molecule has 4 amide bonds. The van der Waals surface area contributed by atoms with Gasteiger partial charge in [0.1, 0.15) is 6.04 Å². The molecular weight excluding hydrogens is 518 g/mol. The van der Waals surface area contributed by atoms with Crippen LogP contribution in [0.25, 0.3) is 0 Å². The number of likely N-dealkylation sites (N-methyl/N-ethyl adjacent to an activating group) is 1. The molecule has 0 heterocycles. The summed E-state index contributed by atoms with van der Waals surface area (Å²) in [5.74, 6) is -0.710. The fourth-order valence-corrected chi connectivity index (χ4v) is 4.48. The average molecular weight is 566 g/mol. The van der Waals surface area contributed by atoms with E-state index in [-0.39, 0.29) is 35.6 Å². The van der Waals surface area contributed by atoms with E-state index in [9.17, 15) is 19.2 Å². The molecule has 9 heteroatoms. The summed E-state index contributed by atoms with van der Waals surface area (Å²) in [7, 11) is 1.74. The first kappa shape index (κ1) is 33.5. The van der Waals surface area contributed by atoms with E-state index in [1.165, 1.54) is 0 Å². The number of hydrogen-bond donors (Lipinski definition) is 4. The van der Waals surface area contributed by atoms with Gasteiger partial charge in [-0.15, -0.1) is 0 Å². The van der Waals surface area contributed by atoms with Crippen molar-refractivity contribution in [1.82, 2.24) is 26.2 Å². The van der Waals surface area contributed by atoms with Crippen molar-refractivity contribution in [2.45, 2.75) is 72.6 Å². The van der Waals surface area contributed by atoms with Gasteiger partial charge in [0.15, 0.2) is 0 Å². The van der Waals surface area contributed by atoms with Crippen molar-refractivity contribution in [3.05, 3.63) is 71.3 Å². The van der Waals surface area contributed by atoms with E-state index in [0.29, 0.717) is 43.1 Å². The van der Waals surface area contributed by atoms with Gasteiger partial charge >= 0.3 is 0 Å². The zero-order chi connectivity index (χ0) is 30.5. The first-order valence-electron chi connectivity index (χ1n) is 14.4. The number of hydrogen-bond acceptors (Lipinski definition) is 5. The van der Waals surface area contributed by atoms with E-state index in [4.69, 9.17) is 0 Å². The van der Waals surface area contributed by atoms with Gasteiger partial charge in [-0.05, 0) is 55.9 Å². The Kier molecular flexibility index (Phi) is 13.5. The fraction of sp³-hybridized carbons (Fsp3) is 0.500. The topological polar surface area (TPSA) is 120 Å². The number of carbonyl (C=O) groups is 4. The van der Waals surface area contributed by atoms with Gasteiger partial charge in [0.2, 0.25) is 11.8 Å². The lowest BCUT2D eigenvalue weighted by Crippen LogP contribution is -2.55. The van der Waals surface area contributed by atoms with Crippen molar-refractivity contribution in [2.75, 3.05) is 20.1 Å². The van der Waals surface area contributed by atoms with Crippen LogP contribution in [0.2, 0.25) is 0 Å². The summed E-state index contributed by atoms with van der Waals surface area (Å²) in [5.41, 5.74) is 1.85. The number of amides is 4. The van der Waals surface area contributed by atoms with Gasteiger partial charge in [-0.1, -0.05) is 64.1 Å². The highest BCUT2D eigenvalue weighted by molar-refractivity contribution is 5.99. The Labute approximate surface area is 244 Å². The molecule has 0 aromatic heterocycles. The van der Waals surface area contributed by atoms with Crippen LogP contribution in [0.3, 0.4) is 0 Å². The second-order valence-electron chi connectivity index (χ2n) is 11.3. The first-order valence-corrected chi connectivity index (χ1v) is 14.4. The van der Waals surface area contributed by atoms with E-state index < -0.39 is 12.1 Å². The minimum atomic E-state index is -0.625. The van der Waals surface area contributed by atoms with Crippen LogP contribution in [-0.2, 0) is 16.1 Å². The predicted octanol–water partition coefficient (Wildman–Crippen LogP) is 3.36. The molecule has 0 radical (unpaired) electrons. The Hall–Kier alpha value is -3.72. The number of benzene rings is 2. The summed E-state index contributed by atoms with van der Waals surface area (Å²) in [4.78, 5) is 53.1. The maximum absolute atomic E-state index is 13.2. The number of nitrogens with zero attached hydrogens (tertiary/aromatic N) is 1. The molecule has 0 aliphatic heterocycles. The summed E-state index contributed by atoms with van der Waals surface area (Å²) in [6, 6.07) is 15.0. The summed E-state index contributed by atoms with van der Waals surface area (Å²) >= 11 is 0. The summed E-state index contributed by atoms with van der Waals surface area (Å²) in [6.45, 7) is 12.8. The molecule has 2 aromatic carbocycles. The highest BCUT2D eigenvalue weighted by Gasteiger charge is 2.26. The lowest BCUT2D eigenvalue weighted by molar-refractivity contribution is -0.130. The minimum Gasteiger partial charge on any atom is -0.355 e. The molecule has 0 spiro atoms. The van der Waals surface area contributed by atoms with Crippen LogP contribution < -0.4 is 21.3 Å². The summed E-state index contributed by atoms with van der Waals surface area (Å²) in [5, 5.41) is 11.9. The van der Waals surface area contributed by atoms with Gasteiger partial charge in [-0.3, -0.25) is 19.2 Å². The molecule has 0 unspecified atom stereocenters. The number of rotatable bonds is 15. The lowest BCUT2D eigenvalue weighted by atomic mass is 10.0. The molecule has 0 bridgehead atoms. The highest BCUT2D eigenvalue weighted by Crippen LogP contribution is 2.12. The molecule has 224 valence electrons. The van der Waals surface area contributed by atoms with E-state index >= 15 is 0 Å². The Balaban J connectivity index is 2.03. The Morgan fingerprint density at radius 1 is 0.829 bits per heavy atom. The molecule has 0 saturated carbocycles. The van der Waals surface area contributed by atoms with E-state index in [1.807, 2.05) is 51.1 Å². The van der Waals surface area contributed by atoms with E-state index in [1.54, 1.807) is 43.1 Å². The largest absolute Gasteiger partial charge is 0.355 e. The Morgan fingerprint density at radius 3 is 2.10 bits per heavy atom. The third-order valence-electron chi connectivity index (χ3n) is 6.73. The Bertz CT molecular complexity index is 1150. The molecule has 41 heavy (non-hydrogen) atoms. The second-order valence-corrected chi connectivity index (χ2v) is 11.3. The maximum Gasteiger partial charge on any atom is 0.253 e. The van der Waals surface area contributed by atoms with Crippen LogP contribution >= 0.6 is 0 Å². The lowest BCUT2D eigenvalue weighted by Gasteiger charge is -2.26. The number of carbonyl (C=O) groups excluding carboxylic acids is 4. The normalized spacial score (nSPS) is 13.3. The van der Waals surface area contributed by atoms with Crippen molar-refractivity contribution in [1.29, 1.82) is 0 Å². The highest BCUT2D eigenvalue weighted by atomic mass is 16.2. The quantitative estimate of drug-likeness (QED) is 0.264. The van der Waals surface area contributed by atoms with Gasteiger partial charge in [0.05, 0.1) is 6.04 Å². The molecule has 0 saturated heterocycles. The number of nitrogens with one attached hydrogen (secondary N) is 4. The molecule has 2 rings (SSSR count). The average Bonchev–Trinajstić information content (AvgIpc) is 2.94. The Morgan fingerprint density at radius 2 is 1.49 bits per heavy atom. The van der Waals surface area contributed by atoms with Crippen LogP contribution in [0, 0.1) is 11.8 Å². The molecule has 3 atom stereocenters. The standard InChI is InChI=1S/C32H47N5O4/c1-8-33-31(40)28(22(4)5)36-29(38)23(6)34-19-27(17-21(2)3)35-30(39)25-15-12-16-26(18-25)32(41)37(7)20-24-13-10-9-11-14-24/h9-16,18,21-23,27-28,34H,8,17,19-20H2,1-7H3,(H,33,40)(H,35,39)(H,36,38)/t23-,27-,28-/m0/s1. The van der Waals surface area contributed by atoms with Crippen LogP contribution in [-0.4, -0.2) is 66.8 Å². The minimum absolute atomic E-state index is 0.0635. The fourth-order valence-electron chi connectivity index (χ4n) is 4.48. The molecule has 0 aliphatic carbocycles. The summed E-state index contributed by atoms with van der Waals surface area (Å²) in [6.07, 6.45) is 0.693. The van der Waals surface area contributed by atoms with Gasteiger partial charge in [0.25, 0.3) is 11.8 Å². The van der Waals surface area contributed by atoms with Crippen molar-refractivity contribution in [3.63, 3.8) is 0 Å². The third kappa shape index (κ3) is 11.0. The van der Waals surface area contributed by atoms with E-state index in [0.717, 1.165) is 5.56 Å². The zero-order valence-corrected chi connectivity index (χ0v) is 25.5. The molecule has 9 nitrogen and oxygen atoms in total. The molecule has 2 aromatic rings. The van der Waals surface area contributed by atoms with E-state index in [2.05, 4.69) is 35.1 Å². The van der Waals surface area contributed by atoms with Crippen molar-refractivity contribution >= 4 is 23.6 Å². The van der Waals surface area contributed by atoms with Crippen LogP contribution in [0.15, 0.2) is 54.6 Å². The van der Waals surface area contributed by atoms with Gasteiger partial charge in [0, 0.05) is 43.9 Å². The molecule has 0 fully saturated rings. The van der Waals surface area contributed by atoms with Gasteiger partial charge in [-0.25, -0.2) is 0 Å². The van der Waals surface area contributed by atoms with Crippen molar-refractivity contribution in [3.8, 4) is 0 Å². The third-order valence-corrected chi connectivity index (χ3v) is 6.73. The SMILES string of the molecule is CCNC(=O)[C@@H](NC(=O)[C@H](C)NC[C@H](CC(C)C)NC(=O)c1cccc(C(=O)N(C)Cc2ccccc2)c1)C(C)C. The molecule has 0 aliphatic rings. The van der Waals surface area contributed by atoms with Crippen molar-refractivity contribution in [2.24, 2.45) is 11.8 Å². The summed E-state index contributed by atoms with van der Waals surface area (Å²) < 4.78 is 0. The van der Waals surface area contributed by atoms with Gasteiger partial charge in [-0.2, -0.15) is 0 Å². The predicted molar refractivity (Wildman–Crippen MR) is 162 cm³/mol. The van der Waals surface area contributed by atoms with Gasteiger partial charge < -0.3 is 26.2 Å². The molecular formula is C32H47N5O4. The first-order chi connectivity index (χ1) is 19.4. The van der Waals surface area contributed by atoms with Crippen molar-refractivity contribution < 1.29 is 19.2 Å². The monoisotopic (exact) mass is 565 g/mol. The van der Waals surface area contributed by atoms with Crippen LogP contribution in [0.5, 0.6) is 0 Å². The zero-order valence-electron chi connectivity index (χ0n) is 25.5.